The molecule has 198 valence electrons. The van der Waals surface area contributed by atoms with Crippen LogP contribution in [-0.4, -0.2) is 42.7 Å². The molecule has 9 heteroatoms. The molecule has 0 radical (unpaired) electrons. The lowest BCUT2D eigenvalue weighted by atomic mass is 10.1. The first-order valence-electron chi connectivity index (χ1n) is 11.9. The molecule has 0 aliphatic heterocycles. The maximum Gasteiger partial charge on any atom is 0.407 e. The highest BCUT2D eigenvalue weighted by Gasteiger charge is 2.19. The number of hydrogen-bond donors (Lipinski definition) is 1. The average Bonchev–Trinajstić information content (AvgIpc) is 2.76. The Hall–Kier alpha value is -3.36. The molecule has 0 fully saturated rings. The van der Waals surface area contributed by atoms with Crippen LogP contribution in [0.5, 0.6) is 11.5 Å². The molecular formula is C27H36F2N2O5. The first-order chi connectivity index (χ1) is 16.9. The fraction of sp³-hybridized carbons (Fsp3) is 0.481. The molecule has 0 saturated heterocycles. The summed E-state index contributed by atoms with van der Waals surface area (Å²) in [6.07, 6.45) is -0.173. The third-order valence-corrected chi connectivity index (χ3v) is 4.99. The van der Waals surface area contributed by atoms with Gasteiger partial charge >= 0.3 is 6.09 Å². The van der Waals surface area contributed by atoms with E-state index >= 15 is 0 Å². The van der Waals surface area contributed by atoms with Crippen molar-refractivity contribution in [1.29, 1.82) is 0 Å². The Balaban J connectivity index is 2.08. The second kappa shape index (κ2) is 13.1. The number of methoxy groups -OCH3 is 1. The van der Waals surface area contributed by atoms with Gasteiger partial charge in [-0.25, -0.2) is 13.6 Å². The lowest BCUT2D eigenvalue weighted by Crippen LogP contribution is -2.40. The lowest BCUT2D eigenvalue weighted by molar-refractivity contribution is -0.132. The molecular weight excluding hydrogens is 470 g/mol. The van der Waals surface area contributed by atoms with Gasteiger partial charge in [0.25, 0.3) is 0 Å². The fourth-order valence-electron chi connectivity index (χ4n) is 3.32. The normalized spacial score (nSPS) is 11.2. The van der Waals surface area contributed by atoms with Crippen LogP contribution in [0.3, 0.4) is 0 Å². The highest BCUT2D eigenvalue weighted by molar-refractivity contribution is 5.76. The van der Waals surface area contributed by atoms with Crippen LogP contribution < -0.4 is 14.8 Å². The molecule has 0 aliphatic carbocycles. The minimum atomic E-state index is -0.690. The molecule has 0 aliphatic rings. The number of alkyl carbamates (subject to hydrolysis) is 1. The van der Waals surface area contributed by atoms with E-state index in [1.165, 1.54) is 19.2 Å². The van der Waals surface area contributed by atoms with E-state index in [9.17, 15) is 18.4 Å². The fourth-order valence-corrected chi connectivity index (χ4v) is 3.32. The predicted molar refractivity (Wildman–Crippen MR) is 133 cm³/mol. The first-order valence-corrected chi connectivity index (χ1v) is 11.9. The van der Waals surface area contributed by atoms with Crippen LogP contribution in [0.15, 0.2) is 36.4 Å². The Morgan fingerprint density at radius 3 is 2.39 bits per heavy atom. The van der Waals surface area contributed by atoms with E-state index in [-0.39, 0.29) is 30.5 Å². The van der Waals surface area contributed by atoms with Crippen LogP contribution in [0, 0.1) is 17.6 Å². The van der Waals surface area contributed by atoms with E-state index in [4.69, 9.17) is 14.2 Å². The van der Waals surface area contributed by atoms with Crippen molar-refractivity contribution in [1.82, 2.24) is 10.2 Å². The van der Waals surface area contributed by atoms with Gasteiger partial charge in [0, 0.05) is 37.7 Å². The molecule has 2 aromatic carbocycles. The molecule has 1 N–H and O–H groups in total. The third-order valence-electron chi connectivity index (χ3n) is 4.99. The van der Waals surface area contributed by atoms with Gasteiger partial charge in [0.05, 0.1) is 7.11 Å². The highest BCUT2D eigenvalue weighted by Crippen LogP contribution is 2.30. The Labute approximate surface area is 211 Å². The van der Waals surface area contributed by atoms with Crippen molar-refractivity contribution in [3.8, 4) is 11.5 Å². The highest BCUT2D eigenvalue weighted by atomic mass is 19.1. The SMILES string of the molecule is COc1cc(CN(CCNC(=O)OC(C)(C)C)C(=O)CC(C)C)ccc1OCc1ccc(F)cc1F. The smallest absolute Gasteiger partial charge is 0.407 e. The molecule has 0 bridgehead atoms. The number of rotatable bonds is 11. The number of ether oxygens (including phenoxy) is 3. The van der Waals surface area contributed by atoms with Crippen LogP contribution in [0.4, 0.5) is 13.6 Å². The number of amides is 2. The van der Waals surface area contributed by atoms with Crippen LogP contribution >= 0.6 is 0 Å². The van der Waals surface area contributed by atoms with Crippen molar-refractivity contribution in [2.24, 2.45) is 5.92 Å². The standard InChI is InChI=1S/C27H36F2N2O5/c1-18(2)13-25(32)31(12-11-30-26(33)36-27(3,4)5)16-19-7-10-23(24(14-19)34-6)35-17-20-8-9-21(28)15-22(20)29/h7-10,14-15,18H,11-13,16-17H2,1-6H3,(H,30,33). The summed E-state index contributed by atoms with van der Waals surface area (Å²) in [7, 11) is 1.48. The summed E-state index contributed by atoms with van der Waals surface area (Å²) >= 11 is 0. The Morgan fingerprint density at radius 2 is 1.78 bits per heavy atom. The third kappa shape index (κ3) is 9.71. The monoisotopic (exact) mass is 506 g/mol. The first kappa shape index (κ1) is 28.9. The second-order valence-electron chi connectivity index (χ2n) is 9.85. The summed E-state index contributed by atoms with van der Waals surface area (Å²) in [6.45, 7) is 10.0. The maximum absolute atomic E-state index is 13.9. The molecule has 36 heavy (non-hydrogen) atoms. The minimum absolute atomic E-state index is 0.0398. The number of carbonyl (C=O) groups excluding carboxylic acids is 2. The number of hydrogen-bond acceptors (Lipinski definition) is 5. The number of halogens is 2. The molecule has 0 aromatic heterocycles. The van der Waals surface area contributed by atoms with Gasteiger partial charge in [-0.05, 0) is 56.5 Å². The van der Waals surface area contributed by atoms with Crippen molar-refractivity contribution in [3.05, 3.63) is 59.2 Å². The van der Waals surface area contributed by atoms with Crippen LogP contribution in [0.2, 0.25) is 0 Å². The summed E-state index contributed by atoms with van der Waals surface area (Å²) in [6, 6.07) is 8.51. The van der Waals surface area contributed by atoms with Gasteiger partial charge in [-0.1, -0.05) is 19.9 Å². The Bertz CT molecular complexity index is 1040. The van der Waals surface area contributed by atoms with Crippen LogP contribution in [0.25, 0.3) is 0 Å². The topological polar surface area (TPSA) is 77.1 Å². The van der Waals surface area contributed by atoms with Gasteiger partial charge in [-0.3, -0.25) is 4.79 Å². The van der Waals surface area contributed by atoms with E-state index in [1.807, 2.05) is 13.8 Å². The molecule has 0 saturated carbocycles. The number of carbonyl (C=O) groups is 2. The van der Waals surface area contributed by atoms with E-state index in [0.29, 0.717) is 31.0 Å². The molecule has 2 aromatic rings. The van der Waals surface area contributed by atoms with Gasteiger partial charge in [-0.15, -0.1) is 0 Å². The van der Waals surface area contributed by atoms with Crippen molar-refractivity contribution >= 4 is 12.0 Å². The average molecular weight is 507 g/mol. The molecule has 0 atom stereocenters. The van der Waals surface area contributed by atoms with Gasteiger partial charge in [0.15, 0.2) is 11.5 Å². The largest absolute Gasteiger partial charge is 0.493 e. The van der Waals surface area contributed by atoms with E-state index < -0.39 is 23.3 Å². The van der Waals surface area contributed by atoms with Crippen LogP contribution in [0.1, 0.15) is 52.2 Å². The Kier molecular flexibility index (Phi) is 10.5. The summed E-state index contributed by atoms with van der Waals surface area (Å²) in [5.74, 6) is -0.409. The summed E-state index contributed by atoms with van der Waals surface area (Å²) < 4.78 is 43.4. The van der Waals surface area contributed by atoms with Crippen molar-refractivity contribution in [2.75, 3.05) is 20.2 Å². The zero-order chi connectivity index (χ0) is 26.9. The zero-order valence-electron chi connectivity index (χ0n) is 21.8. The predicted octanol–water partition coefficient (Wildman–Crippen LogP) is 5.45. The molecule has 0 unspecified atom stereocenters. The molecule has 0 heterocycles. The molecule has 0 spiro atoms. The maximum atomic E-state index is 13.9. The molecule has 2 amide bonds. The summed E-state index contributed by atoms with van der Waals surface area (Å²) in [5.41, 5.74) is 0.395. The van der Waals surface area contributed by atoms with Gasteiger partial charge in [0.2, 0.25) is 5.91 Å². The Morgan fingerprint density at radius 1 is 1.06 bits per heavy atom. The summed E-state index contributed by atoms with van der Waals surface area (Å²) in [5, 5.41) is 2.68. The van der Waals surface area contributed by atoms with Gasteiger partial charge in [-0.2, -0.15) is 0 Å². The van der Waals surface area contributed by atoms with Gasteiger partial charge < -0.3 is 24.4 Å². The quantitative estimate of drug-likeness (QED) is 0.439. The zero-order valence-corrected chi connectivity index (χ0v) is 21.8. The summed E-state index contributed by atoms with van der Waals surface area (Å²) in [4.78, 5) is 26.5. The number of nitrogens with one attached hydrogen (secondary N) is 1. The van der Waals surface area contributed by atoms with E-state index in [0.717, 1.165) is 11.6 Å². The molecule has 7 nitrogen and oxygen atoms in total. The van der Waals surface area contributed by atoms with E-state index in [2.05, 4.69) is 5.32 Å². The lowest BCUT2D eigenvalue weighted by Gasteiger charge is -2.25. The van der Waals surface area contributed by atoms with Crippen molar-refractivity contribution in [3.63, 3.8) is 0 Å². The second-order valence-corrected chi connectivity index (χ2v) is 9.85. The van der Waals surface area contributed by atoms with Crippen LogP contribution in [-0.2, 0) is 22.7 Å². The number of nitrogens with zero attached hydrogens (tertiary/aromatic N) is 1. The minimum Gasteiger partial charge on any atom is -0.493 e. The number of benzene rings is 2. The van der Waals surface area contributed by atoms with Gasteiger partial charge in [0.1, 0.15) is 23.8 Å². The van der Waals surface area contributed by atoms with Crippen molar-refractivity contribution < 1.29 is 32.6 Å². The van der Waals surface area contributed by atoms with Crippen molar-refractivity contribution in [2.45, 2.75) is 59.8 Å². The molecule has 2 rings (SSSR count). The van der Waals surface area contributed by atoms with E-state index in [1.54, 1.807) is 43.9 Å².